The maximum atomic E-state index is 9.57. The van der Waals surface area contributed by atoms with Crippen LogP contribution in [0.2, 0.25) is 0 Å². The zero-order valence-corrected chi connectivity index (χ0v) is 7.30. The van der Waals surface area contributed by atoms with Gasteiger partial charge in [-0.1, -0.05) is 23.8 Å². The van der Waals surface area contributed by atoms with Crippen molar-refractivity contribution in [2.75, 3.05) is 0 Å². The van der Waals surface area contributed by atoms with E-state index in [1.54, 1.807) is 0 Å². The molecule has 0 amide bonds. The molecule has 0 spiro atoms. The second kappa shape index (κ2) is 3.22. The molecular weight excluding hydrogens is 136 g/mol. The van der Waals surface area contributed by atoms with Crippen LogP contribution in [-0.2, 0) is 0 Å². The van der Waals surface area contributed by atoms with Crippen LogP contribution in [-0.4, -0.2) is 11.2 Å². The van der Waals surface area contributed by atoms with Gasteiger partial charge in [0.05, 0.1) is 6.10 Å². The van der Waals surface area contributed by atoms with Crippen molar-refractivity contribution in [1.82, 2.24) is 0 Å². The van der Waals surface area contributed by atoms with E-state index in [4.69, 9.17) is 0 Å². The molecule has 1 nitrogen and oxygen atoms in total. The lowest BCUT2D eigenvalue weighted by Crippen LogP contribution is -2.22. The molecule has 0 heterocycles. The summed E-state index contributed by atoms with van der Waals surface area (Å²) in [5.41, 5.74) is 2.40. The van der Waals surface area contributed by atoms with Crippen LogP contribution in [0.25, 0.3) is 0 Å². The molecule has 62 valence electrons. The van der Waals surface area contributed by atoms with Crippen molar-refractivity contribution >= 4 is 0 Å². The number of aliphatic hydroxyl groups is 1. The van der Waals surface area contributed by atoms with E-state index in [0.717, 1.165) is 18.4 Å². The van der Waals surface area contributed by atoms with Crippen LogP contribution in [0.5, 0.6) is 0 Å². The number of rotatable bonds is 1. The first-order chi connectivity index (χ1) is 5.11. The number of aliphatic hydroxyl groups excluding tert-OH is 1. The van der Waals surface area contributed by atoms with Crippen LogP contribution >= 0.6 is 0 Å². The summed E-state index contributed by atoms with van der Waals surface area (Å²) in [6.07, 6.45) is 3.82. The SMILES string of the molecule is C=C(C)[C@@H]1CCC(C)=CC1O. The molecular formula is C10H16O. The second-order valence-electron chi connectivity index (χ2n) is 3.50. The molecule has 11 heavy (non-hydrogen) atoms. The zero-order valence-electron chi connectivity index (χ0n) is 7.30. The van der Waals surface area contributed by atoms with Crippen molar-refractivity contribution in [1.29, 1.82) is 0 Å². The monoisotopic (exact) mass is 152 g/mol. The summed E-state index contributed by atoms with van der Waals surface area (Å²) in [5.74, 6) is 0.290. The first kappa shape index (κ1) is 8.54. The molecule has 0 saturated heterocycles. The van der Waals surface area contributed by atoms with E-state index < -0.39 is 0 Å². The van der Waals surface area contributed by atoms with Crippen LogP contribution in [0.3, 0.4) is 0 Å². The van der Waals surface area contributed by atoms with Crippen LogP contribution in [0.4, 0.5) is 0 Å². The number of hydrogen-bond acceptors (Lipinski definition) is 1. The molecule has 0 aliphatic heterocycles. The fraction of sp³-hybridized carbons (Fsp3) is 0.600. The predicted molar refractivity (Wildman–Crippen MR) is 47.3 cm³/mol. The summed E-state index contributed by atoms with van der Waals surface area (Å²) in [6, 6.07) is 0. The molecule has 2 atom stereocenters. The minimum absolute atomic E-state index is 0.290. The number of allylic oxidation sites excluding steroid dienone is 1. The third-order valence-corrected chi connectivity index (χ3v) is 2.35. The average Bonchev–Trinajstić information content (AvgIpc) is 1.85. The molecule has 0 aromatic heterocycles. The molecule has 1 aliphatic rings. The molecule has 0 radical (unpaired) electrons. The van der Waals surface area contributed by atoms with Crippen molar-refractivity contribution < 1.29 is 5.11 Å². The van der Waals surface area contributed by atoms with Gasteiger partial charge < -0.3 is 5.11 Å². The Morgan fingerprint density at radius 2 is 2.36 bits per heavy atom. The van der Waals surface area contributed by atoms with Gasteiger partial charge in [0.25, 0.3) is 0 Å². The van der Waals surface area contributed by atoms with Crippen LogP contribution < -0.4 is 0 Å². The highest BCUT2D eigenvalue weighted by molar-refractivity contribution is 5.14. The molecule has 0 saturated carbocycles. The van der Waals surface area contributed by atoms with Crippen LogP contribution in [0.15, 0.2) is 23.8 Å². The van der Waals surface area contributed by atoms with Crippen molar-refractivity contribution in [3.8, 4) is 0 Å². The van der Waals surface area contributed by atoms with Crippen LogP contribution in [0.1, 0.15) is 26.7 Å². The Balaban J connectivity index is 2.68. The Kier molecular flexibility index (Phi) is 2.50. The smallest absolute Gasteiger partial charge is 0.0788 e. The van der Waals surface area contributed by atoms with E-state index in [-0.39, 0.29) is 6.10 Å². The maximum Gasteiger partial charge on any atom is 0.0788 e. The van der Waals surface area contributed by atoms with Gasteiger partial charge in [-0.3, -0.25) is 0 Å². The first-order valence-electron chi connectivity index (χ1n) is 4.12. The highest BCUT2D eigenvalue weighted by atomic mass is 16.3. The van der Waals surface area contributed by atoms with E-state index in [1.807, 2.05) is 13.0 Å². The Hall–Kier alpha value is -0.560. The normalized spacial score (nSPS) is 31.4. The summed E-state index contributed by atoms with van der Waals surface area (Å²) in [5, 5.41) is 9.57. The Bertz CT molecular complexity index is 191. The summed E-state index contributed by atoms with van der Waals surface area (Å²) in [7, 11) is 0. The van der Waals surface area contributed by atoms with E-state index >= 15 is 0 Å². The topological polar surface area (TPSA) is 20.2 Å². The lowest BCUT2D eigenvalue weighted by atomic mass is 9.84. The largest absolute Gasteiger partial charge is 0.388 e. The molecule has 1 rings (SSSR count). The molecule has 1 unspecified atom stereocenters. The van der Waals surface area contributed by atoms with E-state index in [0.29, 0.717) is 5.92 Å². The molecule has 0 aromatic rings. The van der Waals surface area contributed by atoms with E-state index in [9.17, 15) is 5.11 Å². The molecule has 1 aliphatic carbocycles. The van der Waals surface area contributed by atoms with Gasteiger partial charge in [-0.15, -0.1) is 0 Å². The summed E-state index contributed by atoms with van der Waals surface area (Å²) in [6.45, 7) is 7.92. The van der Waals surface area contributed by atoms with Crippen molar-refractivity contribution in [3.05, 3.63) is 23.8 Å². The highest BCUT2D eigenvalue weighted by Crippen LogP contribution is 2.27. The van der Waals surface area contributed by atoms with Gasteiger partial charge in [0.15, 0.2) is 0 Å². The minimum Gasteiger partial charge on any atom is -0.388 e. The van der Waals surface area contributed by atoms with Crippen molar-refractivity contribution in [3.63, 3.8) is 0 Å². The third-order valence-electron chi connectivity index (χ3n) is 2.35. The van der Waals surface area contributed by atoms with Gasteiger partial charge in [-0.05, 0) is 26.7 Å². The van der Waals surface area contributed by atoms with Gasteiger partial charge in [-0.2, -0.15) is 0 Å². The first-order valence-corrected chi connectivity index (χ1v) is 4.12. The van der Waals surface area contributed by atoms with Gasteiger partial charge >= 0.3 is 0 Å². The fourth-order valence-corrected chi connectivity index (χ4v) is 1.58. The molecule has 0 fully saturated rings. The van der Waals surface area contributed by atoms with Crippen molar-refractivity contribution in [2.45, 2.75) is 32.8 Å². The quantitative estimate of drug-likeness (QED) is 0.571. The van der Waals surface area contributed by atoms with Gasteiger partial charge in [0.1, 0.15) is 0 Å². The average molecular weight is 152 g/mol. The van der Waals surface area contributed by atoms with Gasteiger partial charge in [-0.25, -0.2) is 0 Å². The molecule has 0 bridgehead atoms. The Morgan fingerprint density at radius 3 is 2.82 bits per heavy atom. The lowest BCUT2D eigenvalue weighted by Gasteiger charge is -2.25. The third kappa shape index (κ3) is 1.93. The summed E-state index contributed by atoms with van der Waals surface area (Å²) < 4.78 is 0. The van der Waals surface area contributed by atoms with E-state index in [1.165, 1.54) is 5.57 Å². The maximum absolute atomic E-state index is 9.57. The standard InChI is InChI=1S/C10H16O/c1-7(2)9-5-4-8(3)6-10(9)11/h6,9-11H,1,4-5H2,2-3H3/t9-,10?/m0/s1. The Labute approximate surface area is 68.4 Å². The molecule has 0 aromatic carbocycles. The van der Waals surface area contributed by atoms with Crippen molar-refractivity contribution in [2.24, 2.45) is 5.92 Å². The lowest BCUT2D eigenvalue weighted by molar-refractivity contribution is 0.157. The molecule has 1 N–H and O–H groups in total. The minimum atomic E-state index is -0.291. The number of hydrogen-bond donors (Lipinski definition) is 1. The highest BCUT2D eigenvalue weighted by Gasteiger charge is 2.21. The molecule has 1 heteroatoms. The van der Waals surface area contributed by atoms with E-state index in [2.05, 4.69) is 13.5 Å². The van der Waals surface area contributed by atoms with Gasteiger partial charge in [0, 0.05) is 5.92 Å². The predicted octanol–water partition coefficient (Wildman–Crippen LogP) is 2.28. The van der Waals surface area contributed by atoms with Gasteiger partial charge in [0.2, 0.25) is 0 Å². The Morgan fingerprint density at radius 1 is 1.73 bits per heavy atom. The summed E-state index contributed by atoms with van der Waals surface area (Å²) in [4.78, 5) is 0. The van der Waals surface area contributed by atoms with Crippen LogP contribution in [0, 0.1) is 5.92 Å². The fourth-order valence-electron chi connectivity index (χ4n) is 1.58. The zero-order chi connectivity index (χ0) is 8.43. The summed E-state index contributed by atoms with van der Waals surface area (Å²) >= 11 is 0. The second-order valence-corrected chi connectivity index (χ2v) is 3.50.